The molecule has 4 aromatic carbocycles. The Hall–Kier alpha value is -4.89. The summed E-state index contributed by atoms with van der Waals surface area (Å²) in [5.41, 5.74) is 5.54. The van der Waals surface area contributed by atoms with E-state index in [2.05, 4.69) is 22.8 Å². The number of fused-ring (bicyclic) bond motifs is 1. The van der Waals surface area contributed by atoms with Crippen LogP contribution in [-0.2, 0) is 17.0 Å². The molecule has 0 fully saturated rings. The Kier molecular flexibility index (Phi) is 8.74. The molecular weight excluding hydrogens is 573 g/mol. The van der Waals surface area contributed by atoms with E-state index in [1.807, 2.05) is 86.6 Å². The molecule has 1 aliphatic rings. The molecule has 222 valence electrons. The smallest absolute Gasteiger partial charge is 0.255 e. The molecule has 0 aliphatic carbocycles. The number of nitrogens with one attached hydrogen (secondary N) is 2. The Morgan fingerprint density at radius 1 is 0.955 bits per heavy atom. The number of hydrogen-bond donors (Lipinski definition) is 2. The topological polar surface area (TPSA) is 81.1 Å². The van der Waals surface area contributed by atoms with Crippen LogP contribution in [0.2, 0.25) is 0 Å². The third kappa shape index (κ3) is 6.53. The third-order valence-corrected chi connectivity index (χ3v) is 8.37. The minimum absolute atomic E-state index is 0.237. The first kappa shape index (κ1) is 29.2. The quantitative estimate of drug-likeness (QED) is 0.160. The van der Waals surface area contributed by atoms with Crippen LogP contribution in [0, 0.1) is 12.7 Å². The number of anilines is 2. The SMILES string of the molecule is CC1=C(C(=O)Nc2ccccc2C)C(c2ccc(OCCc3ccccc3)cc2)n2nc(SCc3ccccc3F)nc2N1. The lowest BCUT2D eigenvalue weighted by molar-refractivity contribution is -0.113. The summed E-state index contributed by atoms with van der Waals surface area (Å²) < 4.78 is 22.0. The molecule has 2 heterocycles. The number of rotatable bonds is 10. The van der Waals surface area contributed by atoms with Crippen LogP contribution in [0.25, 0.3) is 0 Å². The van der Waals surface area contributed by atoms with Crippen molar-refractivity contribution in [3.63, 3.8) is 0 Å². The molecule has 1 aromatic heterocycles. The minimum Gasteiger partial charge on any atom is -0.493 e. The highest BCUT2D eigenvalue weighted by molar-refractivity contribution is 7.98. The second kappa shape index (κ2) is 13.2. The second-order valence-electron chi connectivity index (χ2n) is 10.5. The number of carbonyl (C=O) groups is 1. The van der Waals surface area contributed by atoms with Crippen LogP contribution in [0.1, 0.15) is 35.2 Å². The van der Waals surface area contributed by atoms with Gasteiger partial charge in [0.05, 0.1) is 12.2 Å². The Labute approximate surface area is 260 Å². The summed E-state index contributed by atoms with van der Waals surface area (Å²) in [7, 11) is 0. The van der Waals surface area contributed by atoms with Gasteiger partial charge in [-0.1, -0.05) is 90.6 Å². The van der Waals surface area contributed by atoms with E-state index in [1.165, 1.54) is 23.4 Å². The van der Waals surface area contributed by atoms with Crippen LogP contribution in [-0.4, -0.2) is 27.3 Å². The fraction of sp³-hybridized carbons (Fsp3) is 0.171. The number of carbonyl (C=O) groups excluding carboxylic acids is 1. The van der Waals surface area contributed by atoms with Gasteiger partial charge in [-0.25, -0.2) is 9.07 Å². The van der Waals surface area contributed by atoms with Crippen molar-refractivity contribution >= 4 is 29.3 Å². The zero-order valence-electron chi connectivity index (χ0n) is 24.5. The van der Waals surface area contributed by atoms with E-state index < -0.39 is 6.04 Å². The molecule has 5 aromatic rings. The summed E-state index contributed by atoms with van der Waals surface area (Å²) in [6.07, 6.45) is 0.803. The fourth-order valence-corrected chi connectivity index (χ4v) is 5.95. The first-order chi connectivity index (χ1) is 21.5. The van der Waals surface area contributed by atoms with Gasteiger partial charge in [0.15, 0.2) is 0 Å². The van der Waals surface area contributed by atoms with Crippen molar-refractivity contribution in [3.05, 3.63) is 142 Å². The largest absolute Gasteiger partial charge is 0.493 e. The van der Waals surface area contributed by atoms with Gasteiger partial charge in [-0.2, -0.15) is 4.98 Å². The summed E-state index contributed by atoms with van der Waals surface area (Å²) in [4.78, 5) is 18.6. The standard InChI is InChI=1S/C35H32FN5O2S/c1-23-10-6-9-15-30(23)38-33(42)31-24(2)37-34-39-35(44-22-27-13-7-8-14-29(27)36)40-41(34)32(31)26-16-18-28(19-17-26)43-21-20-25-11-4-3-5-12-25/h3-19,32H,20-22H2,1-2H3,(H,38,42)(H,37,39,40). The van der Waals surface area contributed by atoms with Gasteiger partial charge in [0, 0.05) is 23.6 Å². The highest BCUT2D eigenvalue weighted by Crippen LogP contribution is 2.38. The maximum Gasteiger partial charge on any atom is 0.255 e. The molecule has 0 saturated carbocycles. The Bertz CT molecular complexity index is 1800. The summed E-state index contributed by atoms with van der Waals surface area (Å²) in [5.74, 6) is 1.13. The van der Waals surface area contributed by atoms with Crippen molar-refractivity contribution in [2.24, 2.45) is 0 Å². The lowest BCUT2D eigenvalue weighted by Crippen LogP contribution is -2.31. The molecule has 1 atom stereocenters. The molecule has 1 amide bonds. The van der Waals surface area contributed by atoms with Gasteiger partial charge in [-0.15, -0.1) is 5.10 Å². The zero-order chi connectivity index (χ0) is 30.5. The number of halogens is 1. The van der Waals surface area contributed by atoms with Crippen molar-refractivity contribution < 1.29 is 13.9 Å². The monoisotopic (exact) mass is 605 g/mol. The van der Waals surface area contributed by atoms with Gasteiger partial charge in [0.1, 0.15) is 17.6 Å². The van der Waals surface area contributed by atoms with Crippen LogP contribution in [0.5, 0.6) is 5.75 Å². The number of nitrogens with zero attached hydrogens (tertiary/aromatic N) is 3. The molecule has 0 bridgehead atoms. The van der Waals surface area contributed by atoms with Crippen molar-refractivity contribution in [2.75, 3.05) is 17.2 Å². The number of thioether (sulfide) groups is 1. The second-order valence-corrected chi connectivity index (χ2v) is 11.5. The zero-order valence-corrected chi connectivity index (χ0v) is 25.3. The van der Waals surface area contributed by atoms with Crippen LogP contribution in [0.4, 0.5) is 16.0 Å². The molecule has 44 heavy (non-hydrogen) atoms. The lowest BCUT2D eigenvalue weighted by atomic mass is 9.95. The number of aromatic nitrogens is 3. The first-order valence-corrected chi connectivity index (χ1v) is 15.4. The third-order valence-electron chi connectivity index (χ3n) is 7.48. The molecule has 0 radical (unpaired) electrons. The van der Waals surface area contributed by atoms with E-state index in [9.17, 15) is 9.18 Å². The summed E-state index contributed by atoms with van der Waals surface area (Å²) in [6.45, 7) is 4.37. The van der Waals surface area contributed by atoms with Crippen molar-refractivity contribution in [2.45, 2.75) is 37.2 Å². The van der Waals surface area contributed by atoms with Crippen LogP contribution >= 0.6 is 11.8 Å². The van der Waals surface area contributed by atoms with Crippen molar-refractivity contribution in [1.82, 2.24) is 14.8 Å². The van der Waals surface area contributed by atoms with Gasteiger partial charge in [0.2, 0.25) is 11.1 Å². The predicted octanol–water partition coefficient (Wildman–Crippen LogP) is 7.57. The number of allylic oxidation sites excluding steroid dienone is 1. The van der Waals surface area contributed by atoms with E-state index in [4.69, 9.17) is 14.8 Å². The van der Waals surface area contributed by atoms with Gasteiger partial charge in [-0.3, -0.25) is 4.79 Å². The van der Waals surface area contributed by atoms with Gasteiger partial charge < -0.3 is 15.4 Å². The fourth-order valence-electron chi connectivity index (χ4n) is 5.13. The van der Waals surface area contributed by atoms with Crippen molar-refractivity contribution in [1.29, 1.82) is 0 Å². The Morgan fingerprint density at radius 3 is 2.45 bits per heavy atom. The van der Waals surface area contributed by atoms with E-state index in [0.29, 0.717) is 40.3 Å². The van der Waals surface area contributed by atoms with Gasteiger partial charge in [0.25, 0.3) is 5.91 Å². The molecule has 2 N–H and O–H groups in total. The summed E-state index contributed by atoms with van der Waals surface area (Å²) in [6, 6.07) is 31.8. The number of benzene rings is 4. The highest BCUT2D eigenvalue weighted by atomic mass is 32.2. The summed E-state index contributed by atoms with van der Waals surface area (Å²) >= 11 is 1.34. The van der Waals surface area contributed by atoms with E-state index in [0.717, 1.165) is 29.0 Å². The summed E-state index contributed by atoms with van der Waals surface area (Å²) in [5, 5.41) is 11.6. The molecule has 1 aliphatic heterocycles. The molecule has 1 unspecified atom stereocenters. The maximum atomic E-state index is 14.3. The van der Waals surface area contributed by atoms with Crippen molar-refractivity contribution in [3.8, 4) is 5.75 Å². The van der Waals surface area contributed by atoms with Gasteiger partial charge in [-0.05, 0) is 60.4 Å². The Balaban J connectivity index is 1.28. The molecule has 6 rings (SSSR count). The number of aryl methyl sites for hydroxylation is 1. The maximum absolute atomic E-state index is 14.3. The van der Waals surface area contributed by atoms with E-state index in [-0.39, 0.29) is 11.7 Å². The highest BCUT2D eigenvalue weighted by Gasteiger charge is 2.34. The van der Waals surface area contributed by atoms with Gasteiger partial charge >= 0.3 is 0 Å². The Morgan fingerprint density at radius 2 is 1.68 bits per heavy atom. The lowest BCUT2D eigenvalue weighted by Gasteiger charge is -2.29. The molecule has 0 spiro atoms. The average Bonchev–Trinajstić information content (AvgIpc) is 3.44. The number of ether oxygens (including phenoxy) is 1. The molecule has 7 nitrogen and oxygen atoms in total. The normalized spacial score (nSPS) is 14.1. The van der Waals surface area contributed by atoms with E-state index in [1.54, 1.807) is 16.8 Å². The van der Waals surface area contributed by atoms with Crippen LogP contribution < -0.4 is 15.4 Å². The van der Waals surface area contributed by atoms with Crippen LogP contribution in [0.15, 0.2) is 120 Å². The number of para-hydroxylation sites is 1. The molecular formula is C35H32FN5O2S. The molecule has 9 heteroatoms. The first-order valence-electron chi connectivity index (χ1n) is 14.4. The predicted molar refractivity (Wildman–Crippen MR) is 172 cm³/mol. The van der Waals surface area contributed by atoms with E-state index >= 15 is 0 Å². The number of hydrogen-bond acceptors (Lipinski definition) is 6. The molecule has 0 saturated heterocycles. The number of amides is 1. The minimum atomic E-state index is -0.552. The average molecular weight is 606 g/mol. The van der Waals surface area contributed by atoms with Crippen LogP contribution in [0.3, 0.4) is 0 Å².